The van der Waals surface area contributed by atoms with Gasteiger partial charge in [-0.25, -0.2) is 9.97 Å². The minimum absolute atomic E-state index is 0.223. The average Bonchev–Trinajstić information content (AvgIpc) is 3.25. The van der Waals surface area contributed by atoms with E-state index in [9.17, 15) is 5.11 Å². The van der Waals surface area contributed by atoms with E-state index in [4.69, 9.17) is 9.97 Å². The number of benzene rings is 2. The number of nitrogens with one attached hydrogen (secondary N) is 1. The van der Waals surface area contributed by atoms with Crippen molar-refractivity contribution in [1.29, 1.82) is 0 Å². The van der Waals surface area contributed by atoms with Crippen LogP contribution in [0.25, 0.3) is 10.2 Å². The quantitative estimate of drug-likeness (QED) is 0.482. The van der Waals surface area contributed by atoms with Crippen LogP contribution in [-0.4, -0.2) is 15.1 Å². The Labute approximate surface area is 161 Å². The fraction of sp³-hybridized carbons (Fsp3) is 0.182. The molecule has 27 heavy (non-hydrogen) atoms. The van der Waals surface area contributed by atoms with Crippen molar-refractivity contribution in [3.05, 3.63) is 76.4 Å². The molecule has 0 atom stereocenters. The third-order valence-electron chi connectivity index (χ3n) is 4.97. The van der Waals surface area contributed by atoms with Gasteiger partial charge in [-0.3, -0.25) is 0 Å². The van der Waals surface area contributed by atoms with Crippen molar-refractivity contribution in [3.8, 4) is 5.75 Å². The van der Waals surface area contributed by atoms with Gasteiger partial charge in [0.25, 0.3) is 0 Å². The number of anilines is 2. The molecular formula is C22H19N3OS. The molecule has 2 N–H and O–H groups in total. The summed E-state index contributed by atoms with van der Waals surface area (Å²) in [6.07, 6.45) is 4.08. The van der Waals surface area contributed by atoms with Crippen LogP contribution in [-0.2, 0) is 19.3 Å². The lowest BCUT2D eigenvalue weighted by molar-refractivity contribution is 0.477. The maximum absolute atomic E-state index is 10.2. The summed E-state index contributed by atoms with van der Waals surface area (Å²) < 4.78 is 0. The molecule has 5 rings (SSSR count). The van der Waals surface area contributed by atoms with Crippen LogP contribution in [0, 0.1) is 0 Å². The lowest BCUT2D eigenvalue weighted by atomic mass is 10.1. The minimum atomic E-state index is 0.223. The number of rotatable bonds is 4. The number of thiophene rings is 1. The predicted octanol–water partition coefficient (Wildman–Crippen LogP) is 5.22. The highest BCUT2D eigenvalue weighted by molar-refractivity contribution is 7.19. The van der Waals surface area contributed by atoms with Crippen LogP contribution >= 0.6 is 11.3 Å². The molecule has 0 saturated heterocycles. The molecule has 0 spiro atoms. The summed E-state index contributed by atoms with van der Waals surface area (Å²) in [4.78, 5) is 12.2. The number of aromatic nitrogens is 2. The van der Waals surface area contributed by atoms with Crippen molar-refractivity contribution in [3.63, 3.8) is 0 Å². The predicted molar refractivity (Wildman–Crippen MR) is 110 cm³/mol. The fourth-order valence-corrected chi connectivity index (χ4v) is 4.97. The number of fused-ring (bicyclic) bond motifs is 3. The van der Waals surface area contributed by atoms with Gasteiger partial charge < -0.3 is 10.4 Å². The van der Waals surface area contributed by atoms with E-state index >= 15 is 0 Å². The normalized spacial score (nSPS) is 13.0. The zero-order chi connectivity index (χ0) is 18.2. The first-order chi connectivity index (χ1) is 13.3. The summed E-state index contributed by atoms with van der Waals surface area (Å²) >= 11 is 1.79. The monoisotopic (exact) mass is 373 g/mol. The van der Waals surface area contributed by atoms with Crippen LogP contribution < -0.4 is 5.32 Å². The van der Waals surface area contributed by atoms with Crippen LogP contribution in [0.5, 0.6) is 5.75 Å². The minimum Gasteiger partial charge on any atom is -0.506 e. The second-order valence-corrected chi connectivity index (χ2v) is 7.91. The highest BCUT2D eigenvalue weighted by Gasteiger charge is 2.22. The van der Waals surface area contributed by atoms with E-state index in [1.165, 1.54) is 22.4 Å². The lowest BCUT2D eigenvalue weighted by Gasteiger charge is -2.11. The van der Waals surface area contributed by atoms with Gasteiger partial charge in [0, 0.05) is 11.3 Å². The molecule has 0 fully saturated rings. The Hall–Kier alpha value is -2.92. The maximum atomic E-state index is 10.2. The average molecular weight is 373 g/mol. The molecule has 2 aromatic heterocycles. The number of nitrogens with zero attached hydrogens (tertiary/aromatic N) is 2. The first-order valence-electron chi connectivity index (χ1n) is 9.18. The van der Waals surface area contributed by atoms with Gasteiger partial charge in [0.05, 0.1) is 11.1 Å². The molecule has 1 aliphatic rings. The van der Waals surface area contributed by atoms with E-state index in [2.05, 4.69) is 17.4 Å². The largest absolute Gasteiger partial charge is 0.506 e. The molecule has 2 aromatic carbocycles. The summed E-state index contributed by atoms with van der Waals surface area (Å²) in [5, 5.41) is 14.7. The van der Waals surface area contributed by atoms with Crippen molar-refractivity contribution in [1.82, 2.24) is 9.97 Å². The van der Waals surface area contributed by atoms with E-state index in [0.29, 0.717) is 12.1 Å². The van der Waals surface area contributed by atoms with E-state index in [-0.39, 0.29) is 5.75 Å². The van der Waals surface area contributed by atoms with Gasteiger partial charge >= 0.3 is 0 Å². The van der Waals surface area contributed by atoms with Crippen molar-refractivity contribution in [2.75, 3.05) is 5.32 Å². The molecule has 0 unspecified atom stereocenters. The molecule has 0 radical (unpaired) electrons. The molecule has 0 amide bonds. The Morgan fingerprint density at radius 1 is 0.963 bits per heavy atom. The highest BCUT2D eigenvalue weighted by Crippen LogP contribution is 2.41. The first-order valence-corrected chi connectivity index (χ1v) is 10.00. The number of aryl methyl sites for hydroxylation is 2. The molecule has 0 bridgehead atoms. The van der Waals surface area contributed by atoms with Crippen LogP contribution in [0.15, 0.2) is 54.6 Å². The first kappa shape index (κ1) is 16.3. The summed E-state index contributed by atoms with van der Waals surface area (Å²) in [5.74, 6) is 1.82. The van der Waals surface area contributed by atoms with Gasteiger partial charge in [-0.1, -0.05) is 42.5 Å². The molecular weight excluding hydrogens is 354 g/mol. The molecule has 5 heteroatoms. The zero-order valence-corrected chi connectivity index (χ0v) is 15.6. The van der Waals surface area contributed by atoms with Gasteiger partial charge in [-0.05, 0) is 42.5 Å². The highest BCUT2D eigenvalue weighted by atomic mass is 32.1. The lowest BCUT2D eigenvalue weighted by Crippen LogP contribution is -2.02. The number of phenolic OH excluding ortho intramolecular Hbond substituents is 1. The molecule has 0 saturated carbocycles. The zero-order valence-electron chi connectivity index (χ0n) is 14.8. The number of hydrogen-bond donors (Lipinski definition) is 2. The number of aromatic hydroxyl groups is 1. The Morgan fingerprint density at radius 2 is 1.78 bits per heavy atom. The standard InChI is InChI=1S/C22H19N3OS/c26-17-11-5-4-10-16(17)23-21-20-15-9-6-12-18(15)27-22(20)25-19(24-21)13-14-7-2-1-3-8-14/h1-5,7-8,10-11,26H,6,9,12-13H2,(H,23,24,25). The van der Waals surface area contributed by atoms with Crippen molar-refractivity contribution in [2.45, 2.75) is 25.7 Å². The topological polar surface area (TPSA) is 58.0 Å². The molecule has 2 heterocycles. The van der Waals surface area contributed by atoms with Crippen molar-refractivity contribution in [2.24, 2.45) is 0 Å². The van der Waals surface area contributed by atoms with Crippen molar-refractivity contribution < 1.29 is 5.11 Å². The van der Waals surface area contributed by atoms with Gasteiger partial charge in [0.1, 0.15) is 22.2 Å². The number of para-hydroxylation sites is 2. The molecule has 4 nitrogen and oxygen atoms in total. The Morgan fingerprint density at radius 3 is 2.63 bits per heavy atom. The van der Waals surface area contributed by atoms with Gasteiger partial charge in [-0.15, -0.1) is 11.3 Å². The Balaban J connectivity index is 1.63. The SMILES string of the molecule is Oc1ccccc1Nc1nc(Cc2ccccc2)nc2sc3c(c12)CCC3. The van der Waals surface area contributed by atoms with Crippen LogP contribution in [0.3, 0.4) is 0 Å². The Bertz CT molecular complexity index is 1120. The second kappa shape index (κ2) is 6.67. The van der Waals surface area contributed by atoms with E-state index < -0.39 is 0 Å². The maximum Gasteiger partial charge on any atom is 0.143 e. The number of hydrogen-bond acceptors (Lipinski definition) is 5. The third kappa shape index (κ3) is 3.04. The summed E-state index contributed by atoms with van der Waals surface area (Å²) in [6.45, 7) is 0. The molecule has 134 valence electrons. The third-order valence-corrected chi connectivity index (χ3v) is 6.16. The molecule has 0 aliphatic heterocycles. The van der Waals surface area contributed by atoms with Crippen LogP contribution in [0.2, 0.25) is 0 Å². The van der Waals surface area contributed by atoms with E-state index in [1.807, 2.05) is 36.4 Å². The van der Waals surface area contributed by atoms with E-state index in [1.54, 1.807) is 17.4 Å². The fourth-order valence-electron chi connectivity index (χ4n) is 3.69. The molecule has 1 aliphatic carbocycles. The molecule has 4 aromatic rings. The van der Waals surface area contributed by atoms with Crippen LogP contribution in [0.1, 0.15) is 28.2 Å². The summed E-state index contributed by atoms with van der Waals surface area (Å²) in [7, 11) is 0. The smallest absolute Gasteiger partial charge is 0.143 e. The van der Waals surface area contributed by atoms with Crippen molar-refractivity contribution >= 4 is 33.1 Å². The van der Waals surface area contributed by atoms with Gasteiger partial charge in [0.15, 0.2) is 0 Å². The summed E-state index contributed by atoms with van der Waals surface area (Å²) in [6, 6.07) is 17.6. The Kier molecular flexibility index (Phi) is 4.02. The van der Waals surface area contributed by atoms with Gasteiger partial charge in [0.2, 0.25) is 0 Å². The number of phenols is 1. The van der Waals surface area contributed by atoms with E-state index in [0.717, 1.165) is 34.7 Å². The summed E-state index contributed by atoms with van der Waals surface area (Å²) in [5.41, 5.74) is 3.23. The second-order valence-electron chi connectivity index (χ2n) is 6.83. The van der Waals surface area contributed by atoms with Gasteiger partial charge in [-0.2, -0.15) is 0 Å². The van der Waals surface area contributed by atoms with Crippen LogP contribution in [0.4, 0.5) is 11.5 Å².